The summed E-state index contributed by atoms with van der Waals surface area (Å²) in [6.07, 6.45) is 4.53. The zero-order valence-corrected chi connectivity index (χ0v) is 15.8. The van der Waals surface area contributed by atoms with Crippen molar-refractivity contribution in [2.45, 2.75) is 37.6 Å². The molecule has 1 aromatic heterocycles. The van der Waals surface area contributed by atoms with Gasteiger partial charge in [0.05, 0.1) is 18.4 Å². The Labute approximate surface area is 157 Å². The Morgan fingerprint density at radius 2 is 1.93 bits per heavy atom. The number of rotatable bonds is 4. The molecule has 0 saturated heterocycles. The number of esters is 1. The van der Waals surface area contributed by atoms with Crippen LogP contribution < -0.4 is 5.32 Å². The van der Waals surface area contributed by atoms with Crippen molar-refractivity contribution < 1.29 is 14.3 Å². The van der Waals surface area contributed by atoms with E-state index < -0.39 is 11.5 Å². The number of nitrogens with one attached hydrogen (secondary N) is 1. The highest BCUT2D eigenvalue weighted by Crippen LogP contribution is 2.41. The second-order valence-electron chi connectivity index (χ2n) is 6.63. The van der Waals surface area contributed by atoms with Crippen LogP contribution in [0.4, 0.5) is 4.79 Å². The number of benzene rings is 1. The largest absolute Gasteiger partial charge is 0.465 e. The number of aromatic nitrogens is 4. The van der Waals surface area contributed by atoms with E-state index in [1.165, 1.54) is 7.11 Å². The van der Waals surface area contributed by atoms with Crippen LogP contribution in [0.3, 0.4) is 0 Å². The van der Waals surface area contributed by atoms with Crippen molar-refractivity contribution >= 4 is 12.0 Å². The van der Waals surface area contributed by atoms with Gasteiger partial charge in [-0.1, -0.05) is 31.4 Å². The Kier molecular flexibility index (Phi) is 5.38. The average molecular weight is 372 g/mol. The summed E-state index contributed by atoms with van der Waals surface area (Å²) in [6, 6.07) is 6.80. The number of tetrazole rings is 1. The minimum absolute atomic E-state index is 0.201. The first kappa shape index (κ1) is 18.8. The minimum atomic E-state index is -0.648. The van der Waals surface area contributed by atoms with E-state index in [-0.39, 0.29) is 6.03 Å². The second kappa shape index (κ2) is 7.73. The molecule has 3 rings (SSSR count). The van der Waals surface area contributed by atoms with E-state index >= 15 is 0 Å². The maximum absolute atomic E-state index is 12.4. The summed E-state index contributed by atoms with van der Waals surface area (Å²) in [5, 5.41) is 15.0. The summed E-state index contributed by atoms with van der Waals surface area (Å²) >= 11 is 0. The van der Waals surface area contributed by atoms with E-state index in [1.807, 2.05) is 6.07 Å². The molecule has 1 N–H and O–H groups in total. The normalized spacial score (nSPS) is 15.8. The molecule has 9 heteroatoms. The van der Waals surface area contributed by atoms with Crippen molar-refractivity contribution in [3.05, 3.63) is 35.7 Å². The summed E-state index contributed by atoms with van der Waals surface area (Å²) in [7, 11) is 4.70. The van der Waals surface area contributed by atoms with Gasteiger partial charge in [0, 0.05) is 14.1 Å². The van der Waals surface area contributed by atoms with Crippen molar-refractivity contribution in [1.82, 2.24) is 30.4 Å². The summed E-state index contributed by atoms with van der Waals surface area (Å²) < 4.78 is 6.45. The molecule has 2 aromatic rings. The number of ether oxygens (including phenoxy) is 1. The fourth-order valence-electron chi connectivity index (χ4n) is 3.79. The van der Waals surface area contributed by atoms with Crippen molar-refractivity contribution in [3.8, 4) is 5.69 Å². The second-order valence-corrected chi connectivity index (χ2v) is 6.63. The topological polar surface area (TPSA) is 102 Å². The Morgan fingerprint density at radius 3 is 2.59 bits per heavy atom. The number of methoxy groups -OCH3 is 1. The SMILES string of the molecule is CNC(=O)N(C)C1(c2nnnn2-c2ccccc2C(=O)OC)CCCCC1. The number of carbonyl (C=O) groups is 2. The summed E-state index contributed by atoms with van der Waals surface area (Å²) in [4.78, 5) is 26.3. The van der Waals surface area contributed by atoms with Gasteiger partial charge in [-0.15, -0.1) is 5.10 Å². The number of urea groups is 1. The number of amides is 2. The van der Waals surface area contributed by atoms with Gasteiger partial charge in [-0.2, -0.15) is 4.68 Å². The predicted molar refractivity (Wildman–Crippen MR) is 97.5 cm³/mol. The van der Waals surface area contributed by atoms with Gasteiger partial charge in [-0.3, -0.25) is 0 Å². The third-order valence-electron chi connectivity index (χ3n) is 5.26. The van der Waals surface area contributed by atoms with E-state index in [4.69, 9.17) is 4.74 Å². The maximum atomic E-state index is 12.4. The molecule has 0 unspecified atom stereocenters. The lowest BCUT2D eigenvalue weighted by Gasteiger charge is -2.43. The molecule has 1 saturated carbocycles. The fourth-order valence-corrected chi connectivity index (χ4v) is 3.79. The van der Waals surface area contributed by atoms with Gasteiger partial charge >= 0.3 is 12.0 Å². The van der Waals surface area contributed by atoms with Crippen LogP contribution >= 0.6 is 0 Å². The van der Waals surface area contributed by atoms with Crippen LogP contribution in [0.5, 0.6) is 0 Å². The highest BCUT2D eigenvalue weighted by molar-refractivity contribution is 5.93. The quantitative estimate of drug-likeness (QED) is 0.822. The Morgan fingerprint density at radius 1 is 1.22 bits per heavy atom. The molecule has 0 radical (unpaired) electrons. The molecule has 144 valence electrons. The van der Waals surface area contributed by atoms with Crippen molar-refractivity contribution in [2.24, 2.45) is 0 Å². The molecular weight excluding hydrogens is 348 g/mol. The first-order chi connectivity index (χ1) is 13.0. The van der Waals surface area contributed by atoms with E-state index in [0.29, 0.717) is 17.1 Å². The van der Waals surface area contributed by atoms with Gasteiger partial charge in [0.15, 0.2) is 5.82 Å². The lowest BCUT2D eigenvalue weighted by atomic mass is 9.79. The first-order valence-electron chi connectivity index (χ1n) is 8.97. The lowest BCUT2D eigenvalue weighted by molar-refractivity contribution is 0.0599. The molecule has 2 amide bonds. The highest BCUT2D eigenvalue weighted by atomic mass is 16.5. The average Bonchev–Trinajstić information content (AvgIpc) is 3.22. The molecule has 0 bridgehead atoms. The van der Waals surface area contributed by atoms with Crippen LogP contribution in [0.1, 0.15) is 48.3 Å². The smallest absolute Gasteiger partial charge is 0.340 e. The first-order valence-corrected chi connectivity index (χ1v) is 8.97. The van der Waals surface area contributed by atoms with E-state index in [9.17, 15) is 9.59 Å². The van der Waals surface area contributed by atoms with Gasteiger partial charge in [0.1, 0.15) is 5.54 Å². The summed E-state index contributed by atoms with van der Waals surface area (Å²) in [6.45, 7) is 0. The van der Waals surface area contributed by atoms with Crippen molar-refractivity contribution in [1.29, 1.82) is 0 Å². The molecule has 0 atom stereocenters. The molecule has 1 aromatic carbocycles. The molecule has 27 heavy (non-hydrogen) atoms. The molecule has 1 aliphatic carbocycles. The highest BCUT2D eigenvalue weighted by Gasteiger charge is 2.45. The Hall–Kier alpha value is -2.97. The van der Waals surface area contributed by atoms with E-state index in [2.05, 4.69) is 20.8 Å². The number of nitrogens with zero attached hydrogens (tertiary/aromatic N) is 5. The van der Waals surface area contributed by atoms with Crippen LogP contribution in [-0.4, -0.2) is 58.3 Å². The van der Waals surface area contributed by atoms with Crippen LogP contribution in [0.2, 0.25) is 0 Å². The number of carbonyl (C=O) groups excluding carboxylic acids is 2. The van der Waals surface area contributed by atoms with Gasteiger partial charge in [0.2, 0.25) is 0 Å². The fraction of sp³-hybridized carbons (Fsp3) is 0.500. The molecule has 9 nitrogen and oxygen atoms in total. The van der Waals surface area contributed by atoms with Crippen LogP contribution in [-0.2, 0) is 10.3 Å². The van der Waals surface area contributed by atoms with Gasteiger partial charge in [-0.05, 0) is 35.4 Å². The van der Waals surface area contributed by atoms with Crippen LogP contribution in [0.25, 0.3) is 5.69 Å². The third kappa shape index (κ3) is 3.24. The molecule has 1 heterocycles. The summed E-state index contributed by atoms with van der Waals surface area (Å²) in [5.74, 6) is 0.0778. The van der Waals surface area contributed by atoms with Crippen molar-refractivity contribution in [2.75, 3.05) is 21.2 Å². The molecule has 1 aliphatic rings. The minimum Gasteiger partial charge on any atom is -0.465 e. The van der Waals surface area contributed by atoms with Crippen LogP contribution in [0.15, 0.2) is 24.3 Å². The van der Waals surface area contributed by atoms with Gasteiger partial charge in [-0.25, -0.2) is 9.59 Å². The van der Waals surface area contributed by atoms with E-state index in [0.717, 1.165) is 32.1 Å². The monoisotopic (exact) mass is 372 g/mol. The van der Waals surface area contributed by atoms with Gasteiger partial charge in [0.25, 0.3) is 0 Å². The summed E-state index contributed by atoms with van der Waals surface area (Å²) in [5.41, 5.74) is 0.243. The Bertz CT molecular complexity index is 828. The van der Waals surface area contributed by atoms with Crippen molar-refractivity contribution in [3.63, 3.8) is 0 Å². The standard InChI is InChI=1S/C18H24N6O3/c1-19-17(26)23(2)18(11-7-4-8-12-18)16-20-21-22-24(16)14-10-6-5-9-13(14)15(25)27-3/h5-6,9-10H,4,7-8,11-12H2,1-3H3,(H,19,26). The molecule has 0 aliphatic heterocycles. The predicted octanol–water partition coefficient (Wildman–Crippen LogP) is 1.88. The number of hydrogen-bond donors (Lipinski definition) is 1. The maximum Gasteiger partial charge on any atom is 0.340 e. The number of hydrogen-bond acceptors (Lipinski definition) is 6. The zero-order chi connectivity index (χ0) is 19.4. The molecular formula is C18H24N6O3. The Balaban J connectivity index is 2.15. The molecule has 0 spiro atoms. The number of para-hydroxylation sites is 1. The lowest BCUT2D eigenvalue weighted by Crippen LogP contribution is -2.52. The van der Waals surface area contributed by atoms with E-state index in [1.54, 1.807) is 41.9 Å². The zero-order valence-electron chi connectivity index (χ0n) is 15.8. The van der Waals surface area contributed by atoms with Crippen LogP contribution in [0, 0.1) is 0 Å². The third-order valence-corrected chi connectivity index (χ3v) is 5.26. The molecule has 1 fully saturated rings. The van der Waals surface area contributed by atoms with Gasteiger partial charge < -0.3 is 15.0 Å².